The number of likely N-dealkylation sites (tertiary alicyclic amines) is 1. The molecule has 2 aromatic rings. The van der Waals surface area contributed by atoms with Crippen molar-refractivity contribution in [3.63, 3.8) is 0 Å². The normalized spacial score (nSPS) is 19.4. The van der Waals surface area contributed by atoms with Crippen molar-refractivity contribution < 1.29 is 9.59 Å². The molecule has 0 unspecified atom stereocenters. The minimum absolute atomic E-state index is 0.0145. The highest BCUT2D eigenvalue weighted by Crippen LogP contribution is 2.32. The minimum atomic E-state index is -0.196. The third kappa shape index (κ3) is 2.79. The zero-order valence-electron chi connectivity index (χ0n) is 15.7. The number of hydrogen-bond donors (Lipinski definition) is 1. The van der Waals surface area contributed by atoms with Crippen molar-refractivity contribution in [2.75, 3.05) is 19.6 Å². The summed E-state index contributed by atoms with van der Waals surface area (Å²) in [5, 5.41) is 4.40. The Morgan fingerprint density at radius 1 is 1.35 bits per heavy atom. The first kappa shape index (κ1) is 17.1. The molecule has 5 heteroatoms. The summed E-state index contributed by atoms with van der Waals surface area (Å²) in [6.07, 6.45) is 3.53. The predicted molar refractivity (Wildman–Crippen MR) is 102 cm³/mol. The van der Waals surface area contributed by atoms with E-state index in [0.29, 0.717) is 26.1 Å². The van der Waals surface area contributed by atoms with E-state index in [9.17, 15) is 9.59 Å². The highest BCUT2D eigenvalue weighted by atomic mass is 16.2. The van der Waals surface area contributed by atoms with Crippen LogP contribution in [0.3, 0.4) is 0 Å². The van der Waals surface area contributed by atoms with Crippen LogP contribution >= 0.6 is 0 Å². The van der Waals surface area contributed by atoms with Crippen LogP contribution in [0.5, 0.6) is 0 Å². The number of carbonyl (C=O) groups is 2. The molecule has 5 nitrogen and oxygen atoms in total. The number of benzene rings is 1. The average Bonchev–Trinajstić information content (AvgIpc) is 3.16. The molecule has 1 aromatic carbocycles. The summed E-state index contributed by atoms with van der Waals surface area (Å²) in [6, 6.07) is 6.59. The van der Waals surface area contributed by atoms with E-state index < -0.39 is 0 Å². The van der Waals surface area contributed by atoms with Crippen LogP contribution in [0.4, 0.5) is 0 Å². The van der Waals surface area contributed by atoms with Crippen molar-refractivity contribution in [1.29, 1.82) is 0 Å². The number of aryl methyl sites for hydroxylation is 2. The van der Waals surface area contributed by atoms with Crippen molar-refractivity contribution in [2.24, 2.45) is 5.92 Å². The van der Waals surface area contributed by atoms with Gasteiger partial charge in [-0.2, -0.15) is 0 Å². The Bertz CT molecular complexity index is 868. The fourth-order valence-corrected chi connectivity index (χ4v) is 4.61. The summed E-state index contributed by atoms with van der Waals surface area (Å²) in [6.45, 7) is 7.10. The van der Waals surface area contributed by atoms with E-state index in [1.54, 1.807) is 4.90 Å². The van der Waals surface area contributed by atoms with Crippen LogP contribution in [0.15, 0.2) is 18.2 Å². The van der Waals surface area contributed by atoms with Gasteiger partial charge in [-0.1, -0.05) is 18.2 Å². The van der Waals surface area contributed by atoms with Crippen LogP contribution < -0.4 is 5.32 Å². The Kier molecular flexibility index (Phi) is 4.47. The smallest absolute Gasteiger partial charge is 0.225 e. The third-order valence-corrected chi connectivity index (χ3v) is 6.03. The lowest BCUT2D eigenvalue weighted by Crippen LogP contribution is -2.34. The van der Waals surface area contributed by atoms with Crippen molar-refractivity contribution >= 4 is 22.7 Å². The van der Waals surface area contributed by atoms with Gasteiger partial charge in [-0.3, -0.25) is 9.59 Å². The maximum absolute atomic E-state index is 12.4. The van der Waals surface area contributed by atoms with E-state index >= 15 is 0 Å². The van der Waals surface area contributed by atoms with E-state index in [1.165, 1.54) is 34.1 Å². The maximum Gasteiger partial charge on any atom is 0.225 e. The first-order chi connectivity index (χ1) is 12.6. The number of aromatic nitrogens is 1. The Hall–Kier alpha value is -2.30. The number of nitrogens with one attached hydrogen (secondary N) is 1. The molecule has 3 heterocycles. The molecule has 0 spiro atoms. The second kappa shape index (κ2) is 6.78. The van der Waals surface area contributed by atoms with Gasteiger partial charge in [-0.05, 0) is 44.2 Å². The molecule has 2 aliphatic rings. The molecule has 0 saturated carbocycles. The van der Waals surface area contributed by atoms with Crippen LogP contribution in [0.25, 0.3) is 10.9 Å². The van der Waals surface area contributed by atoms with Crippen LogP contribution in [0.2, 0.25) is 0 Å². The fraction of sp³-hybridized carbons (Fsp3) is 0.524. The van der Waals surface area contributed by atoms with Gasteiger partial charge in [0.05, 0.1) is 11.4 Å². The molecular formula is C21H27N3O2. The summed E-state index contributed by atoms with van der Waals surface area (Å²) < 4.78 is 2.44. The SMILES string of the molecule is CCN1C[C@@H](C(=O)NCCc2c(C)n3c4c(cccc24)CCC3)CC1=O. The van der Waals surface area contributed by atoms with Crippen molar-refractivity contribution in [3.8, 4) is 0 Å². The van der Waals surface area contributed by atoms with Gasteiger partial charge in [0, 0.05) is 43.7 Å². The molecule has 0 radical (unpaired) electrons. The third-order valence-electron chi connectivity index (χ3n) is 6.03. The molecule has 1 aromatic heterocycles. The van der Waals surface area contributed by atoms with Crippen molar-refractivity contribution in [1.82, 2.24) is 14.8 Å². The summed E-state index contributed by atoms with van der Waals surface area (Å²) >= 11 is 0. The van der Waals surface area contributed by atoms with E-state index in [1.807, 2.05) is 6.92 Å². The predicted octanol–water partition coefficient (Wildman–Crippen LogP) is 2.42. The second-order valence-corrected chi connectivity index (χ2v) is 7.51. The molecule has 0 aliphatic carbocycles. The number of para-hydroxylation sites is 1. The van der Waals surface area contributed by atoms with Gasteiger partial charge in [0.1, 0.15) is 0 Å². The lowest BCUT2D eigenvalue weighted by atomic mass is 10.0. The number of rotatable bonds is 5. The van der Waals surface area contributed by atoms with Gasteiger partial charge in [0.15, 0.2) is 0 Å². The van der Waals surface area contributed by atoms with Gasteiger partial charge in [0.2, 0.25) is 11.8 Å². The molecule has 2 aliphatic heterocycles. The lowest BCUT2D eigenvalue weighted by Gasteiger charge is -2.16. The molecule has 1 N–H and O–H groups in total. The Labute approximate surface area is 154 Å². The molecule has 4 rings (SSSR count). The van der Waals surface area contributed by atoms with Crippen molar-refractivity contribution in [2.45, 2.75) is 46.1 Å². The van der Waals surface area contributed by atoms with Gasteiger partial charge in [-0.25, -0.2) is 0 Å². The molecule has 1 saturated heterocycles. The first-order valence-corrected chi connectivity index (χ1v) is 9.75. The zero-order valence-corrected chi connectivity index (χ0v) is 15.7. The number of carbonyl (C=O) groups excluding carboxylic acids is 2. The Morgan fingerprint density at radius 3 is 2.96 bits per heavy atom. The van der Waals surface area contributed by atoms with Gasteiger partial charge < -0.3 is 14.8 Å². The minimum Gasteiger partial charge on any atom is -0.355 e. The Morgan fingerprint density at radius 2 is 2.19 bits per heavy atom. The molecular weight excluding hydrogens is 326 g/mol. The number of nitrogens with zero attached hydrogens (tertiary/aromatic N) is 2. The monoisotopic (exact) mass is 353 g/mol. The topological polar surface area (TPSA) is 54.3 Å². The van der Waals surface area contributed by atoms with Crippen LogP contribution in [-0.4, -0.2) is 40.9 Å². The Balaban J connectivity index is 1.45. The van der Waals surface area contributed by atoms with Gasteiger partial charge in [0.25, 0.3) is 0 Å². The fourth-order valence-electron chi connectivity index (χ4n) is 4.61. The van der Waals surface area contributed by atoms with E-state index in [0.717, 1.165) is 19.4 Å². The molecule has 26 heavy (non-hydrogen) atoms. The largest absolute Gasteiger partial charge is 0.355 e. The second-order valence-electron chi connectivity index (χ2n) is 7.51. The first-order valence-electron chi connectivity index (χ1n) is 9.75. The van der Waals surface area contributed by atoms with Gasteiger partial charge in [-0.15, -0.1) is 0 Å². The zero-order chi connectivity index (χ0) is 18.3. The van der Waals surface area contributed by atoms with Crippen LogP contribution in [0.1, 0.15) is 36.6 Å². The average molecular weight is 353 g/mol. The molecule has 1 atom stereocenters. The van der Waals surface area contributed by atoms with Crippen LogP contribution in [0, 0.1) is 12.8 Å². The number of hydrogen-bond acceptors (Lipinski definition) is 2. The molecule has 138 valence electrons. The number of amides is 2. The van der Waals surface area contributed by atoms with E-state index in [4.69, 9.17) is 0 Å². The highest BCUT2D eigenvalue weighted by molar-refractivity contribution is 5.90. The summed E-state index contributed by atoms with van der Waals surface area (Å²) in [5.74, 6) is -0.0863. The quantitative estimate of drug-likeness (QED) is 0.898. The van der Waals surface area contributed by atoms with E-state index in [2.05, 4.69) is 35.0 Å². The maximum atomic E-state index is 12.4. The summed E-state index contributed by atoms with van der Waals surface area (Å²) in [5.41, 5.74) is 5.50. The standard InChI is InChI=1S/C21H27N3O2/c1-3-23-13-16(12-19(23)25)21(26)22-10-9-17-14(2)24-11-5-7-15-6-4-8-18(17)20(15)24/h4,6,8,16H,3,5,7,9-13H2,1-2H3,(H,22,26)/t16-/m0/s1. The van der Waals surface area contributed by atoms with Gasteiger partial charge >= 0.3 is 0 Å². The highest BCUT2D eigenvalue weighted by Gasteiger charge is 2.33. The van der Waals surface area contributed by atoms with E-state index in [-0.39, 0.29) is 17.7 Å². The lowest BCUT2D eigenvalue weighted by molar-refractivity contribution is -0.128. The summed E-state index contributed by atoms with van der Waals surface area (Å²) in [7, 11) is 0. The van der Waals surface area contributed by atoms with Crippen molar-refractivity contribution in [3.05, 3.63) is 35.0 Å². The molecule has 1 fully saturated rings. The molecule has 0 bridgehead atoms. The van der Waals surface area contributed by atoms with Crippen LogP contribution in [-0.2, 0) is 29.0 Å². The molecule has 2 amide bonds. The summed E-state index contributed by atoms with van der Waals surface area (Å²) in [4.78, 5) is 26.0.